The lowest BCUT2D eigenvalue weighted by Gasteiger charge is -2.06. The summed E-state index contributed by atoms with van der Waals surface area (Å²) in [7, 11) is 1.83. The molecule has 5 rings (SSSR count). The number of nitrogens with one attached hydrogen (secondary N) is 4. The second-order valence-corrected chi connectivity index (χ2v) is 11.4. The van der Waals surface area contributed by atoms with Gasteiger partial charge in [-0.1, -0.05) is 36.4 Å². The molecule has 0 bridgehead atoms. The van der Waals surface area contributed by atoms with Crippen molar-refractivity contribution in [2.75, 3.05) is 13.2 Å². The summed E-state index contributed by atoms with van der Waals surface area (Å²) in [6.07, 6.45) is 10.3. The highest BCUT2D eigenvalue weighted by Crippen LogP contribution is 2.24. The van der Waals surface area contributed by atoms with Gasteiger partial charge < -0.3 is 19.2 Å². The molecule has 6 N–H and O–H groups in total. The van der Waals surface area contributed by atoms with Crippen LogP contribution in [0.2, 0.25) is 0 Å². The van der Waals surface area contributed by atoms with E-state index in [0.717, 1.165) is 22.5 Å². The first-order valence-electron chi connectivity index (χ1n) is 16.3. The maximum Gasteiger partial charge on any atom is 0.276 e. The molecule has 0 radical (unpaired) electrons. The van der Waals surface area contributed by atoms with Crippen molar-refractivity contribution >= 4 is 59.1 Å². The maximum atomic E-state index is 12.6. The molecule has 0 spiro atoms. The predicted molar refractivity (Wildman–Crippen MR) is 202 cm³/mol. The highest BCUT2D eigenvalue weighted by Gasteiger charge is 2.09. The van der Waals surface area contributed by atoms with Crippen molar-refractivity contribution in [3.63, 3.8) is 0 Å². The van der Waals surface area contributed by atoms with Gasteiger partial charge in [0.25, 0.3) is 23.6 Å². The minimum Gasteiger partial charge on any atom is -0.491 e. The van der Waals surface area contributed by atoms with Crippen LogP contribution in [0.5, 0.6) is 11.5 Å². The number of amides is 4. The van der Waals surface area contributed by atoms with E-state index >= 15 is 0 Å². The van der Waals surface area contributed by atoms with Gasteiger partial charge in [-0.3, -0.25) is 24.4 Å². The van der Waals surface area contributed by atoms with Crippen LogP contribution in [0.4, 0.5) is 0 Å². The molecule has 4 aromatic carbocycles. The standard InChI is InChI=1S/C39H35N7O8/c1-46-25-31(24-41-43-39(51)30-6-2-4-27(20-30)11-16-36(48)44-52)34-15-14-33(22-35(34)46)54-45-37(49)17-10-26-8-12-29(13-9-26)38(50)42-40-23-28-5-3-7-32(21-28)53-19-18-47/h2-17,20-25,47,52H,18-19H2,1H3,(H,42,50)(H,43,51)(H,44,48)(H,45,49)/b16-11+,17-10+,40-23+,41-24+. The van der Waals surface area contributed by atoms with Gasteiger partial charge in [-0.2, -0.15) is 15.7 Å². The van der Waals surface area contributed by atoms with Crippen LogP contribution in [-0.4, -0.2) is 64.2 Å². The fourth-order valence-electron chi connectivity index (χ4n) is 4.92. The molecule has 274 valence electrons. The molecule has 0 saturated heterocycles. The minimum absolute atomic E-state index is 0.0958. The van der Waals surface area contributed by atoms with E-state index in [4.69, 9.17) is 19.9 Å². The molecule has 0 atom stereocenters. The Hall–Kier alpha value is -7.36. The molecule has 0 aliphatic rings. The predicted octanol–water partition coefficient (Wildman–Crippen LogP) is 3.72. The highest BCUT2D eigenvalue weighted by atomic mass is 16.7. The lowest BCUT2D eigenvalue weighted by Crippen LogP contribution is -2.24. The third-order valence-electron chi connectivity index (χ3n) is 7.52. The quantitative estimate of drug-likeness (QED) is 0.0405. The second-order valence-electron chi connectivity index (χ2n) is 11.4. The molecule has 15 nitrogen and oxygen atoms in total. The molecular formula is C39H35N7O8. The Bertz CT molecular complexity index is 2260. The fourth-order valence-corrected chi connectivity index (χ4v) is 4.92. The zero-order valence-electron chi connectivity index (χ0n) is 28.8. The van der Waals surface area contributed by atoms with Crippen molar-refractivity contribution in [2.45, 2.75) is 0 Å². The Morgan fingerprint density at radius 2 is 1.44 bits per heavy atom. The van der Waals surface area contributed by atoms with Gasteiger partial charge in [0.05, 0.1) is 24.6 Å². The number of carbonyl (C=O) groups is 4. The van der Waals surface area contributed by atoms with Crippen LogP contribution in [0.3, 0.4) is 0 Å². The summed E-state index contributed by atoms with van der Waals surface area (Å²) >= 11 is 0. The van der Waals surface area contributed by atoms with Gasteiger partial charge in [-0.15, -0.1) is 0 Å². The number of ether oxygens (including phenoxy) is 1. The summed E-state index contributed by atoms with van der Waals surface area (Å²) in [6.45, 7) is 0.0804. The SMILES string of the molecule is Cn1cc(/C=N/NC(=O)c2cccc(/C=C/C(=O)NO)c2)c2ccc(ONC(=O)/C=C/c3ccc(C(=O)N/N=C/c4cccc(OCCO)c4)cc3)cc21. The number of fused-ring (bicyclic) bond motifs is 1. The Kier molecular flexibility index (Phi) is 13.2. The smallest absolute Gasteiger partial charge is 0.276 e. The van der Waals surface area contributed by atoms with Crippen LogP contribution in [0, 0.1) is 0 Å². The summed E-state index contributed by atoms with van der Waals surface area (Å²) in [5.74, 6) is -1.12. The van der Waals surface area contributed by atoms with E-state index in [2.05, 4.69) is 26.5 Å². The summed E-state index contributed by atoms with van der Waals surface area (Å²) in [6, 6.07) is 25.3. The number of rotatable bonds is 15. The molecule has 0 fully saturated rings. The molecular weight excluding hydrogens is 694 g/mol. The molecule has 4 amide bonds. The van der Waals surface area contributed by atoms with Gasteiger partial charge in [-0.25, -0.2) is 16.3 Å². The fraction of sp³-hybridized carbons (Fsp3) is 0.0769. The molecule has 54 heavy (non-hydrogen) atoms. The van der Waals surface area contributed by atoms with Crippen molar-refractivity contribution < 1.29 is 39.1 Å². The van der Waals surface area contributed by atoms with Gasteiger partial charge in [0.15, 0.2) is 5.75 Å². The second kappa shape index (κ2) is 18.8. The third kappa shape index (κ3) is 10.8. The number of aromatic nitrogens is 1. The molecule has 0 saturated carbocycles. The number of nitrogens with zero attached hydrogens (tertiary/aromatic N) is 3. The third-order valence-corrected chi connectivity index (χ3v) is 7.52. The summed E-state index contributed by atoms with van der Waals surface area (Å²) < 4.78 is 7.21. The minimum atomic E-state index is -0.694. The van der Waals surface area contributed by atoms with Gasteiger partial charge in [0, 0.05) is 53.5 Å². The number of aryl methyl sites for hydroxylation is 1. The van der Waals surface area contributed by atoms with Crippen molar-refractivity contribution in [3.05, 3.63) is 143 Å². The maximum absolute atomic E-state index is 12.6. The number of hydroxylamine groups is 2. The molecule has 1 aromatic heterocycles. The van der Waals surface area contributed by atoms with Crippen molar-refractivity contribution in [3.8, 4) is 11.5 Å². The van der Waals surface area contributed by atoms with Crippen LogP contribution in [0.25, 0.3) is 23.1 Å². The molecule has 0 aliphatic heterocycles. The van der Waals surface area contributed by atoms with E-state index < -0.39 is 23.6 Å². The van der Waals surface area contributed by atoms with Gasteiger partial charge in [-0.05, 0) is 77.4 Å². The summed E-state index contributed by atoms with van der Waals surface area (Å²) in [5, 5.41) is 26.4. The van der Waals surface area contributed by atoms with Crippen molar-refractivity contribution in [1.82, 2.24) is 26.4 Å². The normalized spacial score (nSPS) is 11.4. The van der Waals surface area contributed by atoms with Gasteiger partial charge in [0.1, 0.15) is 12.4 Å². The lowest BCUT2D eigenvalue weighted by molar-refractivity contribution is -0.124. The topological polar surface area (TPSA) is 205 Å². The van der Waals surface area contributed by atoms with Crippen LogP contribution in [-0.2, 0) is 16.6 Å². The molecule has 1 heterocycles. The number of aliphatic hydroxyl groups excluding tert-OH is 1. The zero-order valence-corrected chi connectivity index (χ0v) is 28.8. The Labute approximate surface area is 308 Å². The lowest BCUT2D eigenvalue weighted by atomic mass is 10.1. The van der Waals surface area contributed by atoms with Crippen LogP contribution in [0.15, 0.2) is 120 Å². The Morgan fingerprint density at radius 3 is 2.22 bits per heavy atom. The first-order chi connectivity index (χ1) is 26.2. The van der Waals surface area contributed by atoms with E-state index in [1.165, 1.54) is 30.1 Å². The summed E-state index contributed by atoms with van der Waals surface area (Å²) in [4.78, 5) is 54.3. The molecule has 0 aliphatic carbocycles. The number of benzene rings is 4. The van der Waals surface area contributed by atoms with E-state index in [9.17, 15) is 19.2 Å². The molecule has 0 unspecified atom stereocenters. The number of hydrogen-bond donors (Lipinski definition) is 6. The van der Waals surface area contributed by atoms with Crippen LogP contribution >= 0.6 is 0 Å². The Morgan fingerprint density at radius 1 is 0.741 bits per heavy atom. The average molecular weight is 730 g/mol. The first-order valence-corrected chi connectivity index (χ1v) is 16.3. The number of carbonyl (C=O) groups excluding carboxylic acids is 4. The summed E-state index contributed by atoms with van der Waals surface area (Å²) in [5.41, 5.74) is 13.0. The van der Waals surface area contributed by atoms with Crippen molar-refractivity contribution in [1.29, 1.82) is 0 Å². The zero-order chi connectivity index (χ0) is 38.3. The van der Waals surface area contributed by atoms with E-state index in [0.29, 0.717) is 39.3 Å². The highest BCUT2D eigenvalue weighted by molar-refractivity contribution is 6.01. The molecule has 15 heteroatoms. The van der Waals surface area contributed by atoms with Crippen molar-refractivity contribution in [2.24, 2.45) is 17.3 Å². The van der Waals surface area contributed by atoms with E-state index in [-0.39, 0.29) is 13.2 Å². The van der Waals surface area contributed by atoms with Crippen LogP contribution < -0.4 is 31.4 Å². The van der Waals surface area contributed by atoms with E-state index in [1.54, 1.807) is 97.1 Å². The van der Waals surface area contributed by atoms with Gasteiger partial charge >= 0.3 is 0 Å². The number of aliphatic hydroxyl groups is 1. The van der Waals surface area contributed by atoms with Crippen LogP contribution in [0.1, 0.15) is 43.0 Å². The largest absolute Gasteiger partial charge is 0.491 e. The monoisotopic (exact) mass is 729 g/mol. The number of hydrogen-bond acceptors (Lipinski definition) is 10. The van der Waals surface area contributed by atoms with Gasteiger partial charge in [0.2, 0.25) is 0 Å². The Balaban J connectivity index is 1.10. The average Bonchev–Trinajstić information content (AvgIpc) is 3.51. The van der Waals surface area contributed by atoms with E-state index in [1.807, 2.05) is 17.8 Å². The molecule has 5 aromatic rings. The first kappa shape index (κ1) is 37.9. The number of hydrazone groups is 2.